The van der Waals surface area contributed by atoms with Crippen molar-refractivity contribution in [1.29, 1.82) is 0 Å². The highest BCUT2D eigenvalue weighted by molar-refractivity contribution is 7.91. The Labute approximate surface area is 179 Å². The van der Waals surface area contributed by atoms with Gasteiger partial charge in [-0.1, -0.05) is 0 Å². The minimum absolute atomic E-state index is 0.0508. The van der Waals surface area contributed by atoms with Crippen LogP contribution in [0.1, 0.15) is 51.0 Å². The molecule has 0 aromatic carbocycles. The van der Waals surface area contributed by atoms with Gasteiger partial charge >= 0.3 is 0 Å². The maximum absolute atomic E-state index is 13.1. The molecule has 1 saturated heterocycles. The fourth-order valence-electron chi connectivity index (χ4n) is 3.98. The number of nitrogens with zero attached hydrogens (tertiary/aromatic N) is 5. The molecule has 0 bridgehead atoms. The maximum Gasteiger partial charge on any atom is 0.227 e. The summed E-state index contributed by atoms with van der Waals surface area (Å²) in [4.78, 5) is 11.2. The average molecular weight is 436 g/mol. The van der Waals surface area contributed by atoms with Crippen molar-refractivity contribution < 1.29 is 13.2 Å². The van der Waals surface area contributed by atoms with Gasteiger partial charge in [0.1, 0.15) is 5.82 Å². The molecule has 2 aromatic rings. The van der Waals surface area contributed by atoms with Crippen LogP contribution in [0.2, 0.25) is 0 Å². The molecule has 1 aliphatic carbocycles. The summed E-state index contributed by atoms with van der Waals surface area (Å²) < 4.78 is 35.9. The summed E-state index contributed by atoms with van der Waals surface area (Å²) in [5.74, 6) is 1.48. The molecule has 3 heterocycles. The van der Waals surface area contributed by atoms with E-state index in [0.717, 1.165) is 43.8 Å². The number of sulfone groups is 1. The van der Waals surface area contributed by atoms with Crippen molar-refractivity contribution >= 4 is 9.84 Å². The van der Waals surface area contributed by atoms with Gasteiger partial charge < -0.3 is 13.9 Å². The van der Waals surface area contributed by atoms with Crippen molar-refractivity contribution in [1.82, 2.24) is 24.0 Å². The van der Waals surface area contributed by atoms with Gasteiger partial charge in [0.15, 0.2) is 0 Å². The van der Waals surface area contributed by atoms with Crippen molar-refractivity contribution in [2.24, 2.45) is 13.0 Å². The van der Waals surface area contributed by atoms with E-state index >= 15 is 0 Å². The Balaban J connectivity index is 1.61. The van der Waals surface area contributed by atoms with Crippen molar-refractivity contribution in [3.05, 3.63) is 30.1 Å². The standard InChI is InChI=1S/C21H33N5O3S/c1-16(2)25(14-20-22-8-9-24(20)3)12-18-11-23-21(30(27,28)15-17-6-7-17)26(18)13-19-5-4-10-29-19/h8-9,11,16-17,19H,4-7,10,12-15H2,1-3H3/t19-/m1/s1. The van der Waals surface area contributed by atoms with Crippen LogP contribution in [-0.4, -0.2) is 56.9 Å². The number of aromatic nitrogens is 4. The molecule has 1 atom stereocenters. The van der Waals surface area contributed by atoms with Crippen LogP contribution in [0.5, 0.6) is 0 Å². The van der Waals surface area contributed by atoms with Crippen LogP contribution in [-0.2, 0) is 41.3 Å². The smallest absolute Gasteiger partial charge is 0.227 e. The molecule has 2 aliphatic rings. The van der Waals surface area contributed by atoms with Gasteiger partial charge in [0.25, 0.3) is 0 Å². The second-order valence-electron chi connectivity index (χ2n) is 8.96. The van der Waals surface area contributed by atoms with Gasteiger partial charge in [-0.05, 0) is 45.4 Å². The molecule has 166 valence electrons. The first-order chi connectivity index (χ1) is 14.3. The molecule has 4 rings (SSSR count). The third kappa shape index (κ3) is 4.95. The molecule has 0 radical (unpaired) electrons. The topological polar surface area (TPSA) is 82.3 Å². The first kappa shape index (κ1) is 21.5. The molecule has 0 spiro atoms. The Kier molecular flexibility index (Phi) is 6.31. The molecule has 0 N–H and O–H groups in total. The first-order valence-electron chi connectivity index (χ1n) is 10.9. The average Bonchev–Trinajstić information content (AvgIpc) is 3.07. The number of imidazole rings is 2. The van der Waals surface area contributed by atoms with Crippen LogP contribution in [0.4, 0.5) is 0 Å². The number of rotatable bonds is 10. The van der Waals surface area contributed by atoms with Crippen molar-refractivity contribution in [2.45, 2.75) is 76.5 Å². The van der Waals surface area contributed by atoms with E-state index in [-0.39, 0.29) is 23.1 Å². The second kappa shape index (κ2) is 8.80. The second-order valence-corrected chi connectivity index (χ2v) is 10.9. The van der Waals surface area contributed by atoms with E-state index in [2.05, 4.69) is 28.7 Å². The van der Waals surface area contributed by atoms with E-state index in [9.17, 15) is 8.42 Å². The zero-order valence-electron chi connectivity index (χ0n) is 18.2. The lowest BCUT2D eigenvalue weighted by molar-refractivity contribution is 0.0926. The first-order valence-corrected chi connectivity index (χ1v) is 12.6. The Bertz CT molecular complexity index is 955. The minimum Gasteiger partial charge on any atom is -0.376 e. The summed E-state index contributed by atoms with van der Waals surface area (Å²) in [5.41, 5.74) is 0.919. The monoisotopic (exact) mass is 435 g/mol. The fourth-order valence-corrected chi connectivity index (χ4v) is 5.83. The summed E-state index contributed by atoms with van der Waals surface area (Å²) in [7, 11) is -1.41. The summed E-state index contributed by atoms with van der Waals surface area (Å²) >= 11 is 0. The van der Waals surface area contributed by atoms with Crippen molar-refractivity contribution in [3.63, 3.8) is 0 Å². The zero-order valence-corrected chi connectivity index (χ0v) is 19.0. The predicted molar refractivity (Wildman–Crippen MR) is 114 cm³/mol. The highest BCUT2D eigenvalue weighted by Gasteiger charge is 2.33. The van der Waals surface area contributed by atoms with Crippen LogP contribution >= 0.6 is 0 Å². The van der Waals surface area contributed by atoms with E-state index in [1.165, 1.54) is 0 Å². The molecule has 1 aliphatic heterocycles. The Morgan fingerprint density at radius 3 is 2.63 bits per heavy atom. The van der Waals surface area contributed by atoms with Crippen LogP contribution in [0.25, 0.3) is 0 Å². The van der Waals surface area contributed by atoms with Gasteiger partial charge in [0.2, 0.25) is 15.0 Å². The molecule has 30 heavy (non-hydrogen) atoms. The maximum atomic E-state index is 13.1. The number of hydrogen-bond acceptors (Lipinski definition) is 6. The van der Waals surface area contributed by atoms with Crippen LogP contribution in [0, 0.1) is 5.92 Å². The van der Waals surface area contributed by atoms with Crippen LogP contribution in [0.3, 0.4) is 0 Å². The molecule has 1 saturated carbocycles. The van der Waals surface area contributed by atoms with E-state index < -0.39 is 9.84 Å². The molecule has 0 amide bonds. The zero-order chi connectivity index (χ0) is 21.3. The number of aryl methyl sites for hydroxylation is 1. The van der Waals surface area contributed by atoms with Gasteiger partial charge in [-0.25, -0.2) is 18.4 Å². The van der Waals surface area contributed by atoms with E-state index in [4.69, 9.17) is 4.74 Å². The van der Waals surface area contributed by atoms with Crippen LogP contribution < -0.4 is 0 Å². The lowest BCUT2D eigenvalue weighted by atomic mass is 10.2. The summed E-state index contributed by atoms with van der Waals surface area (Å²) in [6, 6.07) is 0.277. The quantitative estimate of drug-likeness (QED) is 0.570. The number of ether oxygens (including phenoxy) is 1. The third-order valence-electron chi connectivity index (χ3n) is 6.10. The molecule has 2 aromatic heterocycles. The lowest BCUT2D eigenvalue weighted by Crippen LogP contribution is -2.32. The largest absolute Gasteiger partial charge is 0.376 e. The van der Waals surface area contributed by atoms with Gasteiger partial charge in [0.05, 0.1) is 36.8 Å². The molecule has 2 fully saturated rings. The van der Waals surface area contributed by atoms with Crippen molar-refractivity contribution in [2.75, 3.05) is 12.4 Å². The Morgan fingerprint density at radius 1 is 1.23 bits per heavy atom. The fraction of sp³-hybridized carbons (Fsp3) is 0.714. The van der Waals surface area contributed by atoms with Gasteiger partial charge in [-0.15, -0.1) is 0 Å². The third-order valence-corrected chi connectivity index (χ3v) is 7.90. The molecular formula is C21H33N5O3S. The lowest BCUT2D eigenvalue weighted by Gasteiger charge is -2.27. The van der Waals surface area contributed by atoms with E-state index in [0.29, 0.717) is 25.6 Å². The SMILES string of the molecule is CC(C)N(Cc1nccn1C)Cc1cnc(S(=O)(=O)CC2CC2)n1C[C@H]1CCCO1. The van der Waals surface area contributed by atoms with E-state index in [1.54, 1.807) is 12.4 Å². The van der Waals surface area contributed by atoms with Gasteiger partial charge in [-0.3, -0.25) is 4.90 Å². The predicted octanol–water partition coefficient (Wildman–Crippen LogP) is 2.39. The molecular weight excluding hydrogens is 402 g/mol. The summed E-state index contributed by atoms with van der Waals surface area (Å²) in [6.07, 6.45) is 9.53. The Hall–Kier alpha value is -1.71. The molecule has 0 unspecified atom stereocenters. The van der Waals surface area contributed by atoms with Crippen LogP contribution in [0.15, 0.2) is 23.7 Å². The highest BCUT2D eigenvalue weighted by Crippen LogP contribution is 2.32. The van der Waals surface area contributed by atoms with Gasteiger partial charge in [-0.2, -0.15) is 0 Å². The van der Waals surface area contributed by atoms with Crippen molar-refractivity contribution in [3.8, 4) is 0 Å². The van der Waals surface area contributed by atoms with E-state index in [1.807, 2.05) is 22.4 Å². The Morgan fingerprint density at radius 2 is 2.03 bits per heavy atom. The summed E-state index contributed by atoms with van der Waals surface area (Å²) in [5, 5.41) is 0.209. The molecule has 9 heteroatoms. The summed E-state index contributed by atoms with van der Waals surface area (Å²) in [6.45, 7) is 6.89. The number of hydrogen-bond donors (Lipinski definition) is 0. The minimum atomic E-state index is -3.40. The molecule has 8 nitrogen and oxygen atoms in total. The van der Waals surface area contributed by atoms with Gasteiger partial charge in [0, 0.05) is 38.6 Å². The normalized spacial score (nSPS) is 20.0. The highest BCUT2D eigenvalue weighted by atomic mass is 32.2.